The number of nitrogens with zero attached hydrogens (tertiary/aromatic N) is 3. The lowest BCUT2D eigenvalue weighted by Gasteiger charge is -2.26. The van der Waals surface area contributed by atoms with Gasteiger partial charge in [0, 0.05) is 19.1 Å². The molecule has 1 rings (SSSR count). The number of rotatable bonds is 6. The van der Waals surface area contributed by atoms with Crippen molar-refractivity contribution < 1.29 is 4.79 Å². The first-order chi connectivity index (χ1) is 8.51. The Morgan fingerprint density at radius 3 is 2.72 bits per heavy atom. The number of nitrogens with two attached hydrogens (primary N) is 1. The molecule has 0 fully saturated rings. The zero-order valence-electron chi connectivity index (χ0n) is 11.8. The van der Waals surface area contributed by atoms with Crippen molar-refractivity contribution in [3.05, 3.63) is 17.5 Å². The number of aryl methyl sites for hydroxylation is 2. The van der Waals surface area contributed by atoms with E-state index in [2.05, 4.69) is 5.10 Å². The van der Waals surface area contributed by atoms with Crippen molar-refractivity contribution >= 4 is 5.91 Å². The number of aromatic nitrogens is 2. The second-order valence-corrected chi connectivity index (χ2v) is 4.72. The largest absolute Gasteiger partial charge is 0.335 e. The Kier molecular flexibility index (Phi) is 5.34. The lowest BCUT2D eigenvalue weighted by atomic mass is 10.2. The van der Waals surface area contributed by atoms with Crippen LogP contribution in [-0.2, 0) is 6.54 Å². The lowest BCUT2D eigenvalue weighted by Crippen LogP contribution is -2.39. The van der Waals surface area contributed by atoms with Crippen LogP contribution in [0.15, 0.2) is 6.07 Å². The summed E-state index contributed by atoms with van der Waals surface area (Å²) in [6.07, 6.45) is 0.823. The van der Waals surface area contributed by atoms with Crippen LogP contribution < -0.4 is 5.73 Å². The quantitative estimate of drug-likeness (QED) is 0.832. The van der Waals surface area contributed by atoms with Gasteiger partial charge in [0.1, 0.15) is 5.69 Å². The molecule has 102 valence electrons. The van der Waals surface area contributed by atoms with Crippen LogP contribution in [0, 0.1) is 6.92 Å². The Labute approximate surface area is 109 Å². The van der Waals surface area contributed by atoms with Gasteiger partial charge < -0.3 is 10.6 Å². The van der Waals surface area contributed by atoms with Crippen molar-refractivity contribution in [1.29, 1.82) is 0 Å². The van der Waals surface area contributed by atoms with Gasteiger partial charge in [0.25, 0.3) is 5.91 Å². The van der Waals surface area contributed by atoms with Crippen LogP contribution in [0.4, 0.5) is 0 Å². The van der Waals surface area contributed by atoms with Gasteiger partial charge in [-0.25, -0.2) is 0 Å². The van der Waals surface area contributed by atoms with E-state index in [0.717, 1.165) is 12.1 Å². The van der Waals surface area contributed by atoms with Crippen LogP contribution in [0.1, 0.15) is 43.4 Å². The molecule has 2 N–H and O–H groups in total. The molecule has 1 heterocycles. The SMILES string of the molecule is CCn1nc(C)cc1C(=O)N(CCCN)C(C)C. The second kappa shape index (κ2) is 6.54. The maximum Gasteiger partial charge on any atom is 0.272 e. The summed E-state index contributed by atoms with van der Waals surface area (Å²) in [5, 5.41) is 4.32. The Bertz CT molecular complexity index is 398. The van der Waals surface area contributed by atoms with E-state index in [9.17, 15) is 4.79 Å². The smallest absolute Gasteiger partial charge is 0.272 e. The van der Waals surface area contributed by atoms with E-state index in [4.69, 9.17) is 5.73 Å². The van der Waals surface area contributed by atoms with E-state index in [-0.39, 0.29) is 11.9 Å². The zero-order chi connectivity index (χ0) is 13.7. The van der Waals surface area contributed by atoms with Crippen molar-refractivity contribution in [3.63, 3.8) is 0 Å². The van der Waals surface area contributed by atoms with Gasteiger partial charge in [0.2, 0.25) is 0 Å². The summed E-state index contributed by atoms with van der Waals surface area (Å²) in [6, 6.07) is 2.02. The van der Waals surface area contributed by atoms with Crippen LogP contribution in [0.5, 0.6) is 0 Å². The van der Waals surface area contributed by atoms with Crippen LogP contribution in [0.3, 0.4) is 0 Å². The first-order valence-electron chi connectivity index (χ1n) is 6.56. The molecule has 1 aromatic heterocycles. The molecule has 0 saturated carbocycles. The van der Waals surface area contributed by atoms with E-state index in [1.807, 2.05) is 38.7 Å². The standard InChI is InChI=1S/C13H24N4O/c1-5-17-12(9-11(4)15-17)13(18)16(10(2)3)8-6-7-14/h9-10H,5-8,14H2,1-4H3. The molecule has 1 amide bonds. The van der Waals surface area contributed by atoms with Gasteiger partial charge in [-0.15, -0.1) is 0 Å². The molecule has 0 aliphatic carbocycles. The molecule has 0 radical (unpaired) electrons. The molecule has 0 bridgehead atoms. The number of carbonyl (C=O) groups is 1. The van der Waals surface area contributed by atoms with Crippen LogP contribution in [0.25, 0.3) is 0 Å². The van der Waals surface area contributed by atoms with Gasteiger partial charge in [-0.05, 0) is 46.7 Å². The van der Waals surface area contributed by atoms with Gasteiger partial charge >= 0.3 is 0 Å². The van der Waals surface area contributed by atoms with Crippen LogP contribution in [-0.4, -0.2) is 39.7 Å². The van der Waals surface area contributed by atoms with Crippen LogP contribution >= 0.6 is 0 Å². The molecule has 0 aliphatic heterocycles. The molecular weight excluding hydrogens is 228 g/mol. The van der Waals surface area contributed by atoms with Gasteiger partial charge in [-0.1, -0.05) is 0 Å². The van der Waals surface area contributed by atoms with Gasteiger partial charge in [-0.3, -0.25) is 9.48 Å². The minimum atomic E-state index is 0.0425. The van der Waals surface area contributed by atoms with Gasteiger partial charge in [0.05, 0.1) is 5.69 Å². The van der Waals surface area contributed by atoms with Crippen molar-refractivity contribution in [2.75, 3.05) is 13.1 Å². The van der Waals surface area contributed by atoms with E-state index >= 15 is 0 Å². The molecule has 5 nitrogen and oxygen atoms in total. The first kappa shape index (κ1) is 14.7. The number of hydrogen-bond acceptors (Lipinski definition) is 3. The molecule has 0 spiro atoms. The fourth-order valence-electron chi connectivity index (χ4n) is 1.96. The topological polar surface area (TPSA) is 64.2 Å². The summed E-state index contributed by atoms with van der Waals surface area (Å²) in [7, 11) is 0. The summed E-state index contributed by atoms with van der Waals surface area (Å²) < 4.78 is 1.76. The summed E-state index contributed by atoms with van der Waals surface area (Å²) in [5.41, 5.74) is 7.07. The highest BCUT2D eigenvalue weighted by Crippen LogP contribution is 2.11. The third kappa shape index (κ3) is 3.32. The third-order valence-corrected chi connectivity index (χ3v) is 2.91. The maximum absolute atomic E-state index is 12.5. The van der Waals surface area contributed by atoms with E-state index in [1.54, 1.807) is 4.68 Å². The lowest BCUT2D eigenvalue weighted by molar-refractivity contribution is 0.0692. The predicted octanol–water partition coefficient (Wildman–Crippen LogP) is 1.41. The molecule has 18 heavy (non-hydrogen) atoms. The molecule has 5 heteroatoms. The second-order valence-electron chi connectivity index (χ2n) is 4.72. The predicted molar refractivity (Wildman–Crippen MR) is 72.5 cm³/mol. The summed E-state index contributed by atoms with van der Waals surface area (Å²) in [6.45, 7) is 9.94. The highest BCUT2D eigenvalue weighted by molar-refractivity contribution is 5.92. The zero-order valence-corrected chi connectivity index (χ0v) is 11.8. The summed E-state index contributed by atoms with van der Waals surface area (Å²) >= 11 is 0. The normalized spacial score (nSPS) is 11.0. The average molecular weight is 252 g/mol. The van der Waals surface area contributed by atoms with E-state index in [0.29, 0.717) is 25.3 Å². The van der Waals surface area contributed by atoms with E-state index in [1.165, 1.54) is 0 Å². The average Bonchev–Trinajstić information content (AvgIpc) is 2.70. The number of hydrogen-bond donors (Lipinski definition) is 1. The first-order valence-corrected chi connectivity index (χ1v) is 6.56. The minimum absolute atomic E-state index is 0.0425. The Morgan fingerprint density at radius 1 is 1.56 bits per heavy atom. The van der Waals surface area contributed by atoms with Crippen molar-refractivity contribution in [3.8, 4) is 0 Å². The minimum Gasteiger partial charge on any atom is -0.335 e. The molecule has 0 saturated heterocycles. The molecular formula is C13H24N4O. The van der Waals surface area contributed by atoms with E-state index < -0.39 is 0 Å². The highest BCUT2D eigenvalue weighted by Gasteiger charge is 2.21. The molecule has 0 unspecified atom stereocenters. The summed E-state index contributed by atoms with van der Waals surface area (Å²) in [4.78, 5) is 14.4. The highest BCUT2D eigenvalue weighted by atomic mass is 16.2. The molecule has 0 aliphatic rings. The Morgan fingerprint density at radius 2 is 2.22 bits per heavy atom. The van der Waals surface area contributed by atoms with Crippen LogP contribution in [0.2, 0.25) is 0 Å². The fraction of sp³-hybridized carbons (Fsp3) is 0.692. The maximum atomic E-state index is 12.5. The van der Waals surface area contributed by atoms with Crippen molar-refractivity contribution in [2.24, 2.45) is 5.73 Å². The third-order valence-electron chi connectivity index (χ3n) is 2.91. The van der Waals surface area contributed by atoms with Crippen molar-refractivity contribution in [2.45, 2.75) is 46.7 Å². The van der Waals surface area contributed by atoms with Gasteiger partial charge in [0.15, 0.2) is 0 Å². The summed E-state index contributed by atoms with van der Waals surface area (Å²) in [5.74, 6) is 0.0425. The number of amides is 1. The van der Waals surface area contributed by atoms with Gasteiger partial charge in [-0.2, -0.15) is 5.10 Å². The monoisotopic (exact) mass is 252 g/mol. The Balaban J connectivity index is 2.94. The number of carbonyl (C=O) groups excluding carboxylic acids is 1. The molecule has 0 aromatic carbocycles. The van der Waals surface area contributed by atoms with Crippen molar-refractivity contribution in [1.82, 2.24) is 14.7 Å². The fourth-order valence-corrected chi connectivity index (χ4v) is 1.96. The Hall–Kier alpha value is -1.36. The molecule has 1 aromatic rings. The molecule has 0 atom stereocenters.